The monoisotopic (exact) mass is 570 g/mol. The second kappa shape index (κ2) is 10.1. The van der Waals surface area contributed by atoms with Crippen LogP contribution in [0.5, 0.6) is 11.6 Å². The molecule has 41 heavy (non-hydrogen) atoms. The molecule has 210 valence electrons. The Morgan fingerprint density at radius 1 is 1.24 bits per heavy atom. The van der Waals surface area contributed by atoms with Gasteiger partial charge in [-0.15, -0.1) is 16.4 Å². The number of ether oxygens (including phenoxy) is 1. The fraction of sp³-hybridized carbons (Fsp3) is 0.367. The molecule has 2 atom stereocenters. The maximum absolute atomic E-state index is 12.1. The third-order valence-electron chi connectivity index (χ3n) is 8.27. The van der Waals surface area contributed by atoms with Gasteiger partial charge in [-0.2, -0.15) is 0 Å². The van der Waals surface area contributed by atoms with Gasteiger partial charge in [0.25, 0.3) is 0 Å². The molecule has 10 nitrogen and oxygen atoms in total. The number of carboxylic acid groups (broad SMARTS) is 1. The largest absolute Gasteiger partial charge is 0.493 e. The highest BCUT2D eigenvalue weighted by atomic mass is 32.1. The van der Waals surface area contributed by atoms with Gasteiger partial charge in [0, 0.05) is 49.6 Å². The highest BCUT2D eigenvalue weighted by Gasteiger charge is 2.37. The van der Waals surface area contributed by atoms with Crippen molar-refractivity contribution in [3.8, 4) is 11.6 Å². The van der Waals surface area contributed by atoms with Crippen molar-refractivity contribution >= 4 is 38.6 Å². The Balaban J connectivity index is 1.29. The summed E-state index contributed by atoms with van der Waals surface area (Å²) < 4.78 is 9.20. The van der Waals surface area contributed by atoms with Crippen LogP contribution in [0.3, 0.4) is 0 Å². The molecule has 2 aliphatic rings. The third-order valence-corrected chi connectivity index (χ3v) is 9.27. The van der Waals surface area contributed by atoms with Gasteiger partial charge in [-0.3, -0.25) is 9.69 Å². The first-order valence-electron chi connectivity index (χ1n) is 13.8. The SMILES string of the molecule is Cc1c([C@@H](CC(=O)O)c2cc(CN3Cc4nc(O)ccc4O[C@H](C4CC4)C3)c3sccc3c2)cnc2c1nnn2C. The molecule has 1 aromatic carbocycles. The van der Waals surface area contributed by atoms with Gasteiger partial charge >= 0.3 is 5.97 Å². The zero-order valence-corrected chi connectivity index (χ0v) is 23.6. The Labute approximate surface area is 240 Å². The van der Waals surface area contributed by atoms with Crippen molar-refractivity contribution in [3.63, 3.8) is 0 Å². The standard InChI is InChI=1S/C30H30N6O4S/c1-16-22(12-31-30-28(16)33-34-35(30)2)21(11-27(38)39)19-9-18-7-8-41-29(18)20(10-19)13-36-14-23-24(5-6-26(37)32-23)40-25(15-36)17-3-4-17/h5-10,12,17,21,25H,3-4,11,13-15H2,1-2H3,(H,32,37)(H,38,39)/t21-,25-/m0/s1. The topological polar surface area (TPSA) is 126 Å². The summed E-state index contributed by atoms with van der Waals surface area (Å²) in [6.07, 6.45) is 4.08. The summed E-state index contributed by atoms with van der Waals surface area (Å²) in [5, 5.41) is 31.6. The van der Waals surface area contributed by atoms with E-state index >= 15 is 0 Å². The number of hydrogen-bond acceptors (Lipinski definition) is 9. The quantitative estimate of drug-likeness (QED) is 0.285. The first kappa shape index (κ1) is 25.8. The van der Waals surface area contributed by atoms with E-state index in [0.29, 0.717) is 30.2 Å². The summed E-state index contributed by atoms with van der Waals surface area (Å²) in [6, 6.07) is 9.75. The van der Waals surface area contributed by atoms with Crippen LogP contribution < -0.4 is 4.74 Å². The van der Waals surface area contributed by atoms with Crippen LogP contribution >= 0.6 is 11.3 Å². The van der Waals surface area contributed by atoms with E-state index in [1.807, 2.05) is 13.0 Å². The van der Waals surface area contributed by atoms with Crippen molar-refractivity contribution in [1.29, 1.82) is 0 Å². The van der Waals surface area contributed by atoms with Crippen LogP contribution in [0.25, 0.3) is 21.3 Å². The van der Waals surface area contributed by atoms with Crippen molar-refractivity contribution in [2.24, 2.45) is 13.0 Å². The molecule has 0 unspecified atom stereocenters. The Kier molecular flexibility index (Phi) is 6.35. The van der Waals surface area contributed by atoms with Gasteiger partial charge in [0.15, 0.2) is 5.65 Å². The molecule has 0 bridgehead atoms. The zero-order valence-electron chi connectivity index (χ0n) is 22.8. The number of aromatic nitrogens is 5. The highest BCUT2D eigenvalue weighted by Crippen LogP contribution is 2.40. The molecule has 1 fully saturated rings. The van der Waals surface area contributed by atoms with Crippen molar-refractivity contribution in [1.82, 2.24) is 29.9 Å². The first-order chi connectivity index (χ1) is 19.8. The zero-order chi connectivity index (χ0) is 28.2. The summed E-state index contributed by atoms with van der Waals surface area (Å²) in [7, 11) is 1.80. The van der Waals surface area contributed by atoms with Gasteiger partial charge in [0.1, 0.15) is 23.1 Å². The third kappa shape index (κ3) is 4.89. The number of nitrogens with zero attached hydrogens (tertiary/aromatic N) is 6. The normalized spacial score (nSPS) is 18.2. The highest BCUT2D eigenvalue weighted by molar-refractivity contribution is 7.17. The molecule has 0 radical (unpaired) electrons. The summed E-state index contributed by atoms with van der Waals surface area (Å²) in [6.45, 7) is 3.91. The molecular formula is C30H30N6O4S. The molecule has 1 saturated carbocycles. The van der Waals surface area contributed by atoms with Crippen molar-refractivity contribution in [3.05, 3.63) is 69.9 Å². The number of rotatable bonds is 7. The molecule has 0 spiro atoms. The van der Waals surface area contributed by atoms with Crippen LogP contribution in [0.1, 0.15) is 53.1 Å². The minimum atomic E-state index is -0.875. The van der Waals surface area contributed by atoms with Crippen LogP contribution in [-0.4, -0.2) is 58.7 Å². The summed E-state index contributed by atoms with van der Waals surface area (Å²) in [5.41, 5.74) is 5.88. The second-order valence-electron chi connectivity index (χ2n) is 11.2. The van der Waals surface area contributed by atoms with Gasteiger partial charge in [-0.25, -0.2) is 14.6 Å². The minimum Gasteiger partial charge on any atom is -0.493 e. The Hall–Kier alpha value is -4.09. The maximum Gasteiger partial charge on any atom is 0.304 e. The molecule has 0 amide bonds. The Bertz CT molecular complexity index is 1790. The summed E-state index contributed by atoms with van der Waals surface area (Å²) >= 11 is 1.69. The average Bonchev–Trinajstić information content (AvgIpc) is 3.60. The molecule has 5 heterocycles. The van der Waals surface area contributed by atoms with Crippen LogP contribution in [0.15, 0.2) is 41.9 Å². The number of aliphatic carboxylic acids is 1. The molecule has 2 N–H and O–H groups in total. The van der Waals surface area contributed by atoms with E-state index in [9.17, 15) is 15.0 Å². The number of fused-ring (bicyclic) bond motifs is 3. The molecule has 4 aromatic heterocycles. The lowest BCUT2D eigenvalue weighted by atomic mass is 9.85. The Morgan fingerprint density at radius 2 is 2.10 bits per heavy atom. The van der Waals surface area contributed by atoms with Gasteiger partial charge in [0.05, 0.1) is 6.42 Å². The second-order valence-corrected chi connectivity index (χ2v) is 12.1. The van der Waals surface area contributed by atoms with Gasteiger partial charge < -0.3 is 14.9 Å². The number of aromatic hydroxyl groups is 1. The predicted octanol–water partition coefficient (Wildman–Crippen LogP) is 4.77. The van der Waals surface area contributed by atoms with E-state index in [-0.39, 0.29) is 18.4 Å². The van der Waals surface area contributed by atoms with Gasteiger partial charge in [-0.05, 0) is 76.9 Å². The summed E-state index contributed by atoms with van der Waals surface area (Å²) in [4.78, 5) is 23.5. The van der Waals surface area contributed by atoms with Crippen molar-refractivity contribution < 1.29 is 19.7 Å². The minimum absolute atomic E-state index is 0.0135. The number of pyridine rings is 2. The molecular weight excluding hydrogens is 540 g/mol. The molecule has 1 aliphatic heterocycles. The van der Waals surface area contributed by atoms with Crippen LogP contribution in [0.4, 0.5) is 0 Å². The fourth-order valence-electron chi connectivity index (χ4n) is 6.04. The fourth-order valence-corrected chi connectivity index (χ4v) is 6.93. The van der Waals surface area contributed by atoms with Crippen LogP contribution in [0, 0.1) is 12.8 Å². The van der Waals surface area contributed by atoms with Gasteiger partial charge in [0.2, 0.25) is 5.88 Å². The van der Waals surface area contributed by atoms with E-state index in [1.165, 1.54) is 4.70 Å². The first-order valence-corrected chi connectivity index (χ1v) is 14.7. The van der Waals surface area contributed by atoms with E-state index in [2.05, 4.69) is 48.8 Å². The molecule has 1 aliphatic carbocycles. The molecule has 0 saturated heterocycles. The summed E-state index contributed by atoms with van der Waals surface area (Å²) in [5.74, 6) is -0.0289. The number of benzene rings is 1. The average molecular weight is 571 g/mol. The van der Waals surface area contributed by atoms with Crippen molar-refractivity contribution in [2.45, 2.75) is 51.3 Å². The number of thiophene rings is 1. The molecule has 11 heteroatoms. The lowest BCUT2D eigenvalue weighted by Crippen LogP contribution is -2.34. The van der Waals surface area contributed by atoms with E-state index < -0.39 is 11.9 Å². The number of hydrogen-bond donors (Lipinski definition) is 2. The van der Waals surface area contributed by atoms with E-state index in [0.717, 1.165) is 58.5 Å². The smallest absolute Gasteiger partial charge is 0.304 e. The van der Waals surface area contributed by atoms with Crippen LogP contribution in [-0.2, 0) is 24.9 Å². The maximum atomic E-state index is 12.1. The number of aryl methyl sites for hydroxylation is 2. The Morgan fingerprint density at radius 3 is 2.90 bits per heavy atom. The molecule has 5 aromatic rings. The van der Waals surface area contributed by atoms with E-state index in [4.69, 9.17) is 4.74 Å². The lowest BCUT2D eigenvalue weighted by Gasteiger charge is -2.25. The number of carbonyl (C=O) groups is 1. The van der Waals surface area contributed by atoms with Crippen molar-refractivity contribution in [2.75, 3.05) is 6.54 Å². The van der Waals surface area contributed by atoms with Crippen LogP contribution in [0.2, 0.25) is 0 Å². The van der Waals surface area contributed by atoms with Gasteiger partial charge in [-0.1, -0.05) is 11.3 Å². The van der Waals surface area contributed by atoms with E-state index in [1.54, 1.807) is 35.3 Å². The lowest BCUT2D eigenvalue weighted by molar-refractivity contribution is -0.137. The number of carboxylic acids is 1. The predicted molar refractivity (Wildman–Crippen MR) is 154 cm³/mol. The molecule has 7 rings (SSSR count).